The molecule has 0 saturated carbocycles. The van der Waals surface area contributed by atoms with Crippen LogP contribution in [0.15, 0.2) is 30.3 Å². The molecule has 0 aliphatic rings. The van der Waals surface area contributed by atoms with E-state index in [0.29, 0.717) is 33.2 Å². The van der Waals surface area contributed by atoms with Crippen LogP contribution in [0.25, 0.3) is 0 Å². The minimum Gasteiger partial charge on any atom is -0.493 e. The Morgan fingerprint density at radius 3 is 2.21 bits per heavy atom. The van der Waals surface area contributed by atoms with E-state index in [1.807, 2.05) is 0 Å². The highest BCUT2D eigenvalue weighted by Crippen LogP contribution is 2.40. The van der Waals surface area contributed by atoms with Crippen molar-refractivity contribution < 1.29 is 40.6 Å². The lowest BCUT2D eigenvalue weighted by Gasteiger charge is -2.23. The van der Waals surface area contributed by atoms with Crippen LogP contribution in [-0.2, 0) is 27.5 Å². The summed E-state index contributed by atoms with van der Waals surface area (Å²) in [6.07, 6.45) is -4.03. The fourth-order valence-corrected chi connectivity index (χ4v) is 4.04. The minimum atomic E-state index is -4.80. The Balaban J connectivity index is 2.27. The second-order valence-electron chi connectivity index (χ2n) is 6.70. The van der Waals surface area contributed by atoms with Gasteiger partial charge in [-0.05, 0) is 30.3 Å². The number of carbonyl (C=O) groups excluding carboxylic acids is 1. The van der Waals surface area contributed by atoms with Crippen molar-refractivity contribution in [3.63, 3.8) is 0 Å². The molecular formula is C20H22ClF3N2O6S. The van der Waals surface area contributed by atoms with E-state index >= 15 is 0 Å². The highest BCUT2D eigenvalue weighted by Gasteiger charge is 2.34. The topological polar surface area (TPSA) is 94.2 Å². The Morgan fingerprint density at radius 2 is 1.70 bits per heavy atom. The molecule has 0 aliphatic heterocycles. The van der Waals surface area contributed by atoms with Gasteiger partial charge >= 0.3 is 6.18 Å². The van der Waals surface area contributed by atoms with Crippen molar-refractivity contribution in [3.05, 3.63) is 46.5 Å². The summed E-state index contributed by atoms with van der Waals surface area (Å²) in [5.41, 5.74) is -1.07. The molecule has 0 heterocycles. The van der Waals surface area contributed by atoms with E-state index in [4.69, 9.17) is 25.8 Å². The third-order valence-electron chi connectivity index (χ3n) is 4.49. The second-order valence-corrected chi connectivity index (χ2v) is 9.02. The van der Waals surface area contributed by atoms with Crippen molar-refractivity contribution in [3.8, 4) is 17.2 Å². The summed E-state index contributed by atoms with van der Waals surface area (Å²) in [6, 6.07) is 5.79. The van der Waals surface area contributed by atoms with Crippen LogP contribution in [-0.4, -0.2) is 48.5 Å². The van der Waals surface area contributed by atoms with E-state index in [1.165, 1.54) is 21.3 Å². The van der Waals surface area contributed by atoms with Gasteiger partial charge in [-0.1, -0.05) is 11.6 Å². The smallest absolute Gasteiger partial charge is 0.417 e. The second kappa shape index (κ2) is 10.4. The van der Waals surface area contributed by atoms with Crippen LogP contribution < -0.4 is 23.8 Å². The number of rotatable bonds is 9. The molecule has 182 valence electrons. The highest BCUT2D eigenvalue weighted by molar-refractivity contribution is 7.92. The number of nitrogens with zero attached hydrogens (tertiary/aromatic N) is 1. The number of nitrogens with one attached hydrogen (secondary N) is 1. The van der Waals surface area contributed by atoms with Gasteiger partial charge in [0.25, 0.3) is 0 Å². The van der Waals surface area contributed by atoms with Crippen LogP contribution >= 0.6 is 11.6 Å². The van der Waals surface area contributed by atoms with Gasteiger partial charge in [0.15, 0.2) is 11.5 Å². The van der Waals surface area contributed by atoms with Gasteiger partial charge < -0.3 is 19.5 Å². The zero-order valence-corrected chi connectivity index (χ0v) is 19.7. The van der Waals surface area contributed by atoms with Crippen LogP contribution in [0.1, 0.15) is 11.1 Å². The summed E-state index contributed by atoms with van der Waals surface area (Å²) in [5, 5.41) is 1.93. The Labute approximate surface area is 194 Å². The van der Waals surface area contributed by atoms with E-state index < -0.39 is 39.2 Å². The van der Waals surface area contributed by atoms with Crippen molar-refractivity contribution in [2.45, 2.75) is 12.7 Å². The Kier molecular flexibility index (Phi) is 8.30. The van der Waals surface area contributed by atoms with Crippen molar-refractivity contribution in [2.24, 2.45) is 0 Å². The average molecular weight is 511 g/mol. The molecule has 0 spiro atoms. The van der Waals surface area contributed by atoms with E-state index in [2.05, 4.69) is 5.32 Å². The third kappa shape index (κ3) is 6.35. The molecule has 0 saturated heterocycles. The fourth-order valence-electron chi connectivity index (χ4n) is 2.97. The van der Waals surface area contributed by atoms with E-state index in [9.17, 15) is 26.4 Å². The lowest BCUT2D eigenvalue weighted by Crippen LogP contribution is -2.40. The van der Waals surface area contributed by atoms with Gasteiger partial charge in [-0.2, -0.15) is 13.2 Å². The van der Waals surface area contributed by atoms with Crippen LogP contribution in [0.4, 0.5) is 18.9 Å². The number of anilines is 1. The molecular weight excluding hydrogens is 489 g/mol. The molecule has 0 fully saturated rings. The molecule has 33 heavy (non-hydrogen) atoms. The highest BCUT2D eigenvalue weighted by atomic mass is 35.5. The first kappa shape index (κ1) is 26.4. The largest absolute Gasteiger partial charge is 0.493 e. The van der Waals surface area contributed by atoms with Crippen molar-refractivity contribution >= 4 is 33.2 Å². The zero-order chi connectivity index (χ0) is 25.0. The predicted molar refractivity (Wildman–Crippen MR) is 117 cm³/mol. The number of hydrogen-bond donors (Lipinski definition) is 1. The molecule has 0 bridgehead atoms. The van der Waals surface area contributed by atoms with Crippen LogP contribution in [0.3, 0.4) is 0 Å². The molecule has 0 aromatic heterocycles. The van der Waals surface area contributed by atoms with Gasteiger partial charge in [-0.25, -0.2) is 8.42 Å². The molecule has 0 atom stereocenters. The number of sulfonamides is 1. The summed E-state index contributed by atoms with van der Waals surface area (Å²) < 4.78 is 80.3. The quantitative estimate of drug-likeness (QED) is 0.555. The average Bonchev–Trinajstić information content (AvgIpc) is 2.74. The van der Waals surface area contributed by atoms with Crippen molar-refractivity contribution in [1.82, 2.24) is 5.32 Å². The lowest BCUT2D eigenvalue weighted by molar-refractivity contribution is -0.137. The minimum absolute atomic E-state index is 0.0750. The first-order valence-corrected chi connectivity index (χ1v) is 11.4. The van der Waals surface area contributed by atoms with Gasteiger partial charge in [0.2, 0.25) is 21.7 Å². The number of amides is 1. The summed E-state index contributed by atoms with van der Waals surface area (Å²) in [4.78, 5) is 12.5. The monoisotopic (exact) mass is 510 g/mol. The van der Waals surface area contributed by atoms with Crippen LogP contribution in [0, 0.1) is 0 Å². The van der Waals surface area contributed by atoms with Crippen molar-refractivity contribution in [1.29, 1.82) is 0 Å². The number of benzene rings is 2. The van der Waals surface area contributed by atoms with E-state index in [1.54, 1.807) is 12.1 Å². The maximum Gasteiger partial charge on any atom is 0.417 e. The SMILES string of the molecule is COc1ccc(CNC(=O)CN(c2ccc(Cl)c(C(F)(F)F)c2)S(C)(=O)=O)c(OC)c1OC. The molecule has 0 aliphatic carbocycles. The Hall–Kier alpha value is -2.86. The van der Waals surface area contributed by atoms with Gasteiger partial charge in [0.1, 0.15) is 6.54 Å². The molecule has 13 heteroatoms. The standard InChI is InChI=1S/C20H22ClF3N2O6S/c1-30-16-8-5-12(18(31-2)19(16)32-3)10-25-17(27)11-26(33(4,28)29)13-6-7-15(21)14(9-13)20(22,23)24/h5-9H,10-11H2,1-4H3,(H,25,27). The first-order chi connectivity index (χ1) is 15.3. The maximum atomic E-state index is 13.2. The van der Waals surface area contributed by atoms with E-state index in [-0.39, 0.29) is 12.2 Å². The molecule has 0 unspecified atom stereocenters. The molecule has 2 rings (SSSR count). The Morgan fingerprint density at radius 1 is 1.06 bits per heavy atom. The number of hydrogen-bond acceptors (Lipinski definition) is 6. The van der Waals surface area contributed by atoms with Gasteiger partial charge in [0, 0.05) is 12.1 Å². The lowest BCUT2D eigenvalue weighted by atomic mass is 10.1. The fraction of sp³-hybridized carbons (Fsp3) is 0.350. The summed E-state index contributed by atoms with van der Waals surface area (Å²) in [5.74, 6) is 0.228. The summed E-state index contributed by atoms with van der Waals surface area (Å²) >= 11 is 5.60. The van der Waals surface area contributed by atoms with Gasteiger partial charge in [-0.15, -0.1) is 0 Å². The number of carbonyl (C=O) groups is 1. The number of alkyl halides is 3. The first-order valence-electron chi connectivity index (χ1n) is 9.22. The maximum absolute atomic E-state index is 13.2. The zero-order valence-electron chi connectivity index (χ0n) is 18.1. The predicted octanol–water partition coefficient (Wildman–Crippen LogP) is 3.47. The van der Waals surface area contributed by atoms with Gasteiger partial charge in [-0.3, -0.25) is 9.10 Å². The van der Waals surface area contributed by atoms with E-state index in [0.717, 1.165) is 18.4 Å². The normalized spacial score (nSPS) is 11.6. The summed E-state index contributed by atoms with van der Waals surface area (Å²) in [6.45, 7) is -0.832. The van der Waals surface area contributed by atoms with Crippen molar-refractivity contribution in [2.75, 3.05) is 38.4 Å². The number of ether oxygens (including phenoxy) is 3. The molecule has 2 aromatic carbocycles. The molecule has 8 nitrogen and oxygen atoms in total. The summed E-state index contributed by atoms with van der Waals surface area (Å²) in [7, 11) is 0.148. The number of methoxy groups -OCH3 is 3. The van der Waals surface area contributed by atoms with Crippen LogP contribution in [0.2, 0.25) is 5.02 Å². The van der Waals surface area contributed by atoms with Gasteiger partial charge in [0.05, 0.1) is 43.9 Å². The molecule has 1 N–H and O–H groups in total. The van der Waals surface area contributed by atoms with Crippen LogP contribution in [0.5, 0.6) is 17.2 Å². The molecule has 0 radical (unpaired) electrons. The Bertz CT molecular complexity index is 1130. The molecule has 2 aromatic rings. The third-order valence-corrected chi connectivity index (χ3v) is 5.96. The number of halogens is 4. The molecule has 1 amide bonds.